The fourth-order valence-electron chi connectivity index (χ4n) is 1.11. The second kappa shape index (κ2) is 3.26. The first kappa shape index (κ1) is 7.79. The van der Waals surface area contributed by atoms with E-state index in [1.807, 2.05) is 25.4 Å². The van der Waals surface area contributed by atoms with Crippen molar-refractivity contribution >= 4 is 5.69 Å². The maximum Gasteiger partial charge on any atom is 0.0849 e. The summed E-state index contributed by atoms with van der Waals surface area (Å²) in [5.41, 5.74) is 1.94. The van der Waals surface area contributed by atoms with E-state index in [1.54, 1.807) is 23.3 Å². The minimum atomic E-state index is 0.955. The predicted octanol–water partition coefficient (Wildman–Crippen LogP) is 1.31. The SMILES string of the molecule is CNc1cncc(-n2cccn2)c1. The smallest absolute Gasteiger partial charge is 0.0849 e. The molecular weight excluding hydrogens is 164 g/mol. The largest absolute Gasteiger partial charge is 0.387 e. The standard InChI is InChI=1S/C9H10N4/c1-10-8-5-9(7-11-6-8)13-4-2-3-12-13/h2-7,10H,1H3. The van der Waals surface area contributed by atoms with E-state index in [-0.39, 0.29) is 0 Å². The van der Waals surface area contributed by atoms with Crippen molar-refractivity contribution in [3.05, 3.63) is 36.9 Å². The normalized spacial score (nSPS) is 9.92. The van der Waals surface area contributed by atoms with Crippen molar-refractivity contribution < 1.29 is 0 Å². The van der Waals surface area contributed by atoms with Crippen LogP contribution < -0.4 is 5.32 Å². The molecule has 0 fully saturated rings. The fourth-order valence-corrected chi connectivity index (χ4v) is 1.11. The van der Waals surface area contributed by atoms with Crippen LogP contribution in [-0.4, -0.2) is 21.8 Å². The second-order valence-electron chi connectivity index (χ2n) is 2.63. The number of nitrogens with one attached hydrogen (secondary N) is 1. The van der Waals surface area contributed by atoms with Gasteiger partial charge in [0, 0.05) is 19.4 Å². The van der Waals surface area contributed by atoms with E-state index in [4.69, 9.17) is 0 Å². The minimum absolute atomic E-state index is 0.955. The van der Waals surface area contributed by atoms with Crippen molar-refractivity contribution in [3.8, 4) is 5.69 Å². The molecule has 2 aromatic rings. The van der Waals surface area contributed by atoms with Crippen LogP contribution in [0, 0.1) is 0 Å². The molecule has 0 atom stereocenters. The van der Waals surface area contributed by atoms with Crippen molar-refractivity contribution in [2.45, 2.75) is 0 Å². The summed E-state index contributed by atoms with van der Waals surface area (Å²) in [5.74, 6) is 0. The van der Waals surface area contributed by atoms with Gasteiger partial charge in [-0.2, -0.15) is 5.10 Å². The molecule has 0 spiro atoms. The Labute approximate surface area is 76.2 Å². The monoisotopic (exact) mass is 174 g/mol. The topological polar surface area (TPSA) is 42.7 Å². The van der Waals surface area contributed by atoms with E-state index in [2.05, 4.69) is 15.4 Å². The van der Waals surface area contributed by atoms with Crippen molar-refractivity contribution in [1.29, 1.82) is 0 Å². The molecule has 2 heterocycles. The Kier molecular flexibility index (Phi) is 1.96. The molecule has 0 aliphatic carbocycles. The summed E-state index contributed by atoms with van der Waals surface area (Å²) in [6.07, 6.45) is 7.17. The molecule has 0 radical (unpaired) electrons. The van der Waals surface area contributed by atoms with E-state index in [9.17, 15) is 0 Å². The summed E-state index contributed by atoms with van der Waals surface area (Å²) >= 11 is 0. The molecule has 0 aliphatic heterocycles. The lowest BCUT2D eigenvalue weighted by atomic mass is 10.4. The summed E-state index contributed by atoms with van der Waals surface area (Å²) in [7, 11) is 1.86. The quantitative estimate of drug-likeness (QED) is 0.746. The second-order valence-corrected chi connectivity index (χ2v) is 2.63. The third-order valence-electron chi connectivity index (χ3n) is 1.78. The Balaban J connectivity index is 2.41. The minimum Gasteiger partial charge on any atom is -0.387 e. The summed E-state index contributed by atoms with van der Waals surface area (Å²) in [6, 6.07) is 3.87. The van der Waals surface area contributed by atoms with Gasteiger partial charge in [0.2, 0.25) is 0 Å². The van der Waals surface area contributed by atoms with Crippen molar-refractivity contribution in [2.24, 2.45) is 0 Å². The Morgan fingerprint density at radius 2 is 2.31 bits per heavy atom. The fraction of sp³-hybridized carbons (Fsp3) is 0.111. The van der Waals surface area contributed by atoms with Gasteiger partial charge < -0.3 is 5.32 Å². The average molecular weight is 174 g/mol. The summed E-state index contributed by atoms with van der Waals surface area (Å²) in [4.78, 5) is 4.09. The molecule has 0 aromatic carbocycles. The van der Waals surface area contributed by atoms with Gasteiger partial charge in [0.05, 0.1) is 23.8 Å². The van der Waals surface area contributed by atoms with Crippen LogP contribution >= 0.6 is 0 Å². The van der Waals surface area contributed by atoms with E-state index in [0.717, 1.165) is 11.4 Å². The van der Waals surface area contributed by atoms with Crippen molar-refractivity contribution in [2.75, 3.05) is 12.4 Å². The highest BCUT2D eigenvalue weighted by Crippen LogP contribution is 2.10. The van der Waals surface area contributed by atoms with Gasteiger partial charge in [0.15, 0.2) is 0 Å². The number of pyridine rings is 1. The lowest BCUT2D eigenvalue weighted by molar-refractivity contribution is 0.874. The van der Waals surface area contributed by atoms with Gasteiger partial charge in [-0.1, -0.05) is 0 Å². The number of hydrogen-bond donors (Lipinski definition) is 1. The molecule has 2 aromatic heterocycles. The highest BCUT2D eigenvalue weighted by molar-refractivity contribution is 5.47. The van der Waals surface area contributed by atoms with Crippen LogP contribution in [-0.2, 0) is 0 Å². The maximum atomic E-state index is 4.11. The molecule has 1 N–H and O–H groups in total. The van der Waals surface area contributed by atoms with Crippen molar-refractivity contribution in [3.63, 3.8) is 0 Å². The number of nitrogens with zero attached hydrogens (tertiary/aromatic N) is 3. The summed E-state index contributed by atoms with van der Waals surface area (Å²) < 4.78 is 1.77. The van der Waals surface area contributed by atoms with Crippen LogP contribution in [0.4, 0.5) is 5.69 Å². The average Bonchev–Trinajstić information content (AvgIpc) is 2.71. The Bertz CT molecular complexity index is 380. The Morgan fingerprint density at radius 1 is 1.38 bits per heavy atom. The molecular formula is C9H10N4. The molecule has 66 valence electrons. The number of anilines is 1. The zero-order valence-electron chi connectivity index (χ0n) is 7.31. The molecule has 4 nitrogen and oxygen atoms in total. The first-order valence-electron chi connectivity index (χ1n) is 4.03. The number of aromatic nitrogens is 3. The first-order valence-corrected chi connectivity index (χ1v) is 4.03. The molecule has 4 heteroatoms. The van der Waals surface area contributed by atoms with Crippen LogP contribution in [0.3, 0.4) is 0 Å². The van der Waals surface area contributed by atoms with E-state index >= 15 is 0 Å². The van der Waals surface area contributed by atoms with Crippen molar-refractivity contribution in [1.82, 2.24) is 14.8 Å². The van der Waals surface area contributed by atoms with Gasteiger partial charge >= 0.3 is 0 Å². The third kappa shape index (κ3) is 1.51. The molecule has 0 aliphatic rings. The Hall–Kier alpha value is -1.84. The van der Waals surface area contributed by atoms with E-state index in [0.29, 0.717) is 0 Å². The molecule has 0 saturated carbocycles. The molecule has 0 amide bonds. The molecule has 0 unspecified atom stereocenters. The summed E-state index contributed by atoms with van der Waals surface area (Å²) in [6.45, 7) is 0. The molecule has 13 heavy (non-hydrogen) atoms. The number of rotatable bonds is 2. The third-order valence-corrected chi connectivity index (χ3v) is 1.78. The van der Waals surface area contributed by atoms with Gasteiger partial charge in [-0.05, 0) is 12.1 Å². The zero-order chi connectivity index (χ0) is 9.10. The first-order chi connectivity index (χ1) is 6.40. The Morgan fingerprint density at radius 3 is 3.00 bits per heavy atom. The van der Waals surface area contributed by atoms with Crippen LogP contribution in [0.15, 0.2) is 36.9 Å². The van der Waals surface area contributed by atoms with Crippen LogP contribution in [0.1, 0.15) is 0 Å². The predicted molar refractivity (Wildman–Crippen MR) is 50.9 cm³/mol. The molecule has 2 rings (SSSR count). The van der Waals surface area contributed by atoms with E-state index < -0.39 is 0 Å². The zero-order valence-corrected chi connectivity index (χ0v) is 7.31. The van der Waals surface area contributed by atoms with E-state index in [1.165, 1.54) is 0 Å². The van der Waals surface area contributed by atoms with Gasteiger partial charge in [0.1, 0.15) is 0 Å². The lowest BCUT2D eigenvalue weighted by Crippen LogP contribution is -1.97. The van der Waals surface area contributed by atoms with Crippen LogP contribution in [0.25, 0.3) is 5.69 Å². The lowest BCUT2D eigenvalue weighted by Gasteiger charge is -2.03. The van der Waals surface area contributed by atoms with Gasteiger partial charge in [-0.3, -0.25) is 4.98 Å². The maximum absolute atomic E-state index is 4.11. The highest BCUT2D eigenvalue weighted by atomic mass is 15.3. The van der Waals surface area contributed by atoms with Gasteiger partial charge in [-0.15, -0.1) is 0 Å². The van der Waals surface area contributed by atoms with Crippen LogP contribution in [0.2, 0.25) is 0 Å². The summed E-state index contributed by atoms with van der Waals surface area (Å²) in [5, 5.41) is 7.14. The number of hydrogen-bond acceptors (Lipinski definition) is 3. The van der Waals surface area contributed by atoms with Crippen LogP contribution in [0.5, 0.6) is 0 Å². The molecule has 0 bridgehead atoms. The van der Waals surface area contributed by atoms with Gasteiger partial charge in [0.25, 0.3) is 0 Å². The molecule has 0 saturated heterocycles. The van der Waals surface area contributed by atoms with Gasteiger partial charge in [-0.25, -0.2) is 4.68 Å². The highest BCUT2D eigenvalue weighted by Gasteiger charge is 1.96.